The van der Waals surface area contributed by atoms with Gasteiger partial charge in [0.2, 0.25) is 10.0 Å². The number of nitrogens with one attached hydrogen (secondary N) is 1. The Labute approximate surface area is 103 Å². The zero-order valence-corrected chi connectivity index (χ0v) is 11.0. The fraction of sp³-hybridized carbons (Fsp3) is 0.300. The first kappa shape index (κ1) is 13.2. The van der Waals surface area contributed by atoms with Gasteiger partial charge < -0.3 is 0 Å². The zero-order chi connectivity index (χ0) is 12.2. The summed E-state index contributed by atoms with van der Waals surface area (Å²) in [6.45, 7) is 1.93. The summed E-state index contributed by atoms with van der Waals surface area (Å²) in [5, 5.41) is 8.51. The van der Waals surface area contributed by atoms with Crippen molar-refractivity contribution in [1.29, 1.82) is 5.26 Å². The lowest BCUT2D eigenvalue weighted by molar-refractivity contribution is 0.583. The SMILES string of the molecule is Cc1ccc(S(=O)(=O)NCC(Br)C#N)cc1. The summed E-state index contributed by atoms with van der Waals surface area (Å²) < 4.78 is 25.8. The Balaban J connectivity index is 2.79. The van der Waals surface area contributed by atoms with Crippen LogP contribution in [-0.4, -0.2) is 19.8 Å². The van der Waals surface area contributed by atoms with Crippen LogP contribution in [0, 0.1) is 18.3 Å². The molecule has 0 aliphatic rings. The predicted molar refractivity (Wildman–Crippen MR) is 64.7 cm³/mol. The van der Waals surface area contributed by atoms with Gasteiger partial charge in [0.25, 0.3) is 0 Å². The van der Waals surface area contributed by atoms with E-state index in [4.69, 9.17) is 5.26 Å². The summed E-state index contributed by atoms with van der Waals surface area (Å²) in [4.78, 5) is -0.316. The van der Waals surface area contributed by atoms with E-state index in [0.717, 1.165) is 5.56 Å². The number of benzene rings is 1. The van der Waals surface area contributed by atoms with Crippen molar-refractivity contribution < 1.29 is 8.42 Å². The van der Waals surface area contributed by atoms with Gasteiger partial charge in [-0.05, 0) is 19.1 Å². The fourth-order valence-electron chi connectivity index (χ4n) is 1.03. The number of aryl methyl sites for hydroxylation is 1. The maximum Gasteiger partial charge on any atom is 0.240 e. The Kier molecular flexibility index (Phi) is 4.47. The molecule has 0 amide bonds. The van der Waals surface area contributed by atoms with E-state index in [1.807, 2.05) is 13.0 Å². The largest absolute Gasteiger partial charge is 0.240 e. The third-order valence-electron chi connectivity index (χ3n) is 1.92. The van der Waals surface area contributed by atoms with E-state index in [1.54, 1.807) is 12.1 Å². The van der Waals surface area contributed by atoms with Crippen LogP contribution < -0.4 is 4.72 Å². The molecule has 1 N–H and O–H groups in total. The highest BCUT2D eigenvalue weighted by atomic mass is 79.9. The number of rotatable bonds is 4. The van der Waals surface area contributed by atoms with Gasteiger partial charge in [-0.2, -0.15) is 5.26 Å². The molecule has 0 saturated heterocycles. The Morgan fingerprint density at radius 3 is 2.50 bits per heavy atom. The third kappa shape index (κ3) is 3.59. The van der Waals surface area contributed by atoms with Crippen molar-refractivity contribution in [2.75, 3.05) is 6.54 Å². The predicted octanol–water partition coefficient (Wildman–Crippen LogP) is 1.56. The number of halogens is 1. The van der Waals surface area contributed by atoms with E-state index in [9.17, 15) is 8.42 Å². The Bertz CT molecular complexity index is 491. The zero-order valence-electron chi connectivity index (χ0n) is 8.64. The van der Waals surface area contributed by atoms with Crippen molar-refractivity contribution in [3.63, 3.8) is 0 Å². The molecule has 1 unspecified atom stereocenters. The normalized spacial score (nSPS) is 13.1. The lowest BCUT2D eigenvalue weighted by Gasteiger charge is -2.06. The molecule has 16 heavy (non-hydrogen) atoms. The lowest BCUT2D eigenvalue weighted by atomic mass is 10.2. The highest BCUT2D eigenvalue weighted by Gasteiger charge is 2.14. The van der Waals surface area contributed by atoms with Gasteiger partial charge in [0.15, 0.2) is 0 Å². The van der Waals surface area contributed by atoms with Crippen molar-refractivity contribution in [2.24, 2.45) is 0 Å². The molecule has 86 valence electrons. The second-order valence-electron chi connectivity index (χ2n) is 3.26. The van der Waals surface area contributed by atoms with Gasteiger partial charge in [-0.3, -0.25) is 0 Å². The minimum absolute atomic E-state index is 0.0483. The van der Waals surface area contributed by atoms with Crippen LogP contribution in [-0.2, 0) is 10.0 Å². The minimum atomic E-state index is -3.51. The van der Waals surface area contributed by atoms with Crippen LogP contribution in [0.25, 0.3) is 0 Å². The molecular weight excluding hydrogens is 292 g/mol. The first-order valence-electron chi connectivity index (χ1n) is 4.56. The molecule has 6 heteroatoms. The molecule has 0 bridgehead atoms. The maximum atomic E-state index is 11.7. The number of nitriles is 1. The average molecular weight is 303 g/mol. The molecule has 0 aliphatic carbocycles. The Morgan fingerprint density at radius 1 is 1.44 bits per heavy atom. The number of alkyl halides is 1. The summed E-state index contributed by atoms with van der Waals surface area (Å²) in [5.41, 5.74) is 0.995. The first-order valence-corrected chi connectivity index (χ1v) is 6.95. The van der Waals surface area contributed by atoms with E-state index < -0.39 is 14.9 Å². The van der Waals surface area contributed by atoms with Crippen LogP contribution >= 0.6 is 15.9 Å². The summed E-state index contributed by atoms with van der Waals surface area (Å²) >= 11 is 3.03. The number of hydrogen-bond donors (Lipinski definition) is 1. The van der Waals surface area contributed by atoms with E-state index >= 15 is 0 Å². The van der Waals surface area contributed by atoms with Crippen LogP contribution in [0.1, 0.15) is 5.56 Å². The van der Waals surface area contributed by atoms with Crippen molar-refractivity contribution in [3.8, 4) is 6.07 Å². The average Bonchev–Trinajstić information content (AvgIpc) is 2.26. The smallest absolute Gasteiger partial charge is 0.209 e. The summed E-state index contributed by atoms with van der Waals surface area (Å²) in [5.74, 6) is 0. The van der Waals surface area contributed by atoms with E-state index in [-0.39, 0.29) is 11.4 Å². The summed E-state index contributed by atoms with van der Waals surface area (Å²) in [6.07, 6.45) is 0. The van der Waals surface area contributed by atoms with Crippen molar-refractivity contribution >= 4 is 26.0 Å². The highest BCUT2D eigenvalue weighted by molar-refractivity contribution is 9.09. The lowest BCUT2D eigenvalue weighted by Crippen LogP contribution is -2.29. The van der Waals surface area contributed by atoms with Gasteiger partial charge in [-0.15, -0.1) is 0 Å². The van der Waals surface area contributed by atoms with Crippen LogP contribution in [0.4, 0.5) is 0 Å². The molecule has 0 aromatic heterocycles. The van der Waals surface area contributed by atoms with Crippen LogP contribution in [0.2, 0.25) is 0 Å². The van der Waals surface area contributed by atoms with Crippen LogP contribution in [0.3, 0.4) is 0 Å². The first-order chi connectivity index (χ1) is 7.45. The summed E-state index contributed by atoms with van der Waals surface area (Å²) in [7, 11) is -3.51. The van der Waals surface area contributed by atoms with Crippen LogP contribution in [0.15, 0.2) is 29.2 Å². The topological polar surface area (TPSA) is 70.0 Å². The van der Waals surface area contributed by atoms with E-state index in [0.29, 0.717) is 0 Å². The second kappa shape index (κ2) is 5.43. The monoisotopic (exact) mass is 302 g/mol. The van der Waals surface area contributed by atoms with Crippen molar-refractivity contribution in [3.05, 3.63) is 29.8 Å². The van der Waals surface area contributed by atoms with Gasteiger partial charge in [-0.25, -0.2) is 13.1 Å². The highest BCUT2D eigenvalue weighted by Crippen LogP contribution is 2.10. The summed E-state index contributed by atoms with van der Waals surface area (Å²) in [6, 6.07) is 8.41. The standard InChI is InChI=1S/C10H11BrN2O2S/c1-8-2-4-10(5-3-8)16(14,15)13-7-9(11)6-12/h2-5,9,13H,7H2,1H3. The van der Waals surface area contributed by atoms with Crippen molar-refractivity contribution in [2.45, 2.75) is 16.6 Å². The molecule has 1 atom stereocenters. The molecule has 1 aromatic carbocycles. The molecule has 0 aliphatic heterocycles. The van der Waals surface area contributed by atoms with Gasteiger partial charge >= 0.3 is 0 Å². The number of sulfonamides is 1. The van der Waals surface area contributed by atoms with E-state index in [1.165, 1.54) is 12.1 Å². The van der Waals surface area contributed by atoms with Gasteiger partial charge in [0, 0.05) is 6.54 Å². The second-order valence-corrected chi connectivity index (χ2v) is 6.13. The van der Waals surface area contributed by atoms with Crippen LogP contribution in [0.5, 0.6) is 0 Å². The number of hydrogen-bond acceptors (Lipinski definition) is 3. The molecule has 1 aromatic rings. The quantitative estimate of drug-likeness (QED) is 0.858. The molecule has 1 rings (SSSR count). The maximum absolute atomic E-state index is 11.7. The molecule has 0 spiro atoms. The minimum Gasteiger partial charge on any atom is -0.209 e. The van der Waals surface area contributed by atoms with Crippen molar-refractivity contribution in [1.82, 2.24) is 4.72 Å². The Morgan fingerprint density at radius 2 is 2.00 bits per heavy atom. The number of nitrogens with zero attached hydrogens (tertiary/aromatic N) is 1. The molecule has 0 radical (unpaired) electrons. The molecule has 0 saturated carbocycles. The molecular formula is C10H11BrN2O2S. The van der Waals surface area contributed by atoms with E-state index in [2.05, 4.69) is 20.7 Å². The molecule has 0 fully saturated rings. The fourth-order valence-corrected chi connectivity index (χ4v) is 2.45. The Hall–Kier alpha value is -0.900. The molecule has 4 nitrogen and oxygen atoms in total. The molecule has 0 heterocycles. The third-order valence-corrected chi connectivity index (χ3v) is 3.89. The van der Waals surface area contributed by atoms with Gasteiger partial charge in [0.1, 0.15) is 4.83 Å². The van der Waals surface area contributed by atoms with Gasteiger partial charge in [-0.1, -0.05) is 33.6 Å². The van der Waals surface area contributed by atoms with Gasteiger partial charge in [0.05, 0.1) is 11.0 Å².